The second-order valence-corrected chi connectivity index (χ2v) is 8.03. The molecular formula is C22H25Cl2NO2. The maximum absolute atomic E-state index is 12.4. The van der Waals surface area contributed by atoms with Gasteiger partial charge in [0.1, 0.15) is 0 Å². The van der Waals surface area contributed by atoms with Gasteiger partial charge in [0.05, 0.1) is 0 Å². The number of aryl methyl sites for hydroxylation is 1. The van der Waals surface area contributed by atoms with Crippen LogP contribution in [0.4, 0.5) is 0 Å². The summed E-state index contributed by atoms with van der Waals surface area (Å²) in [5.41, 5.74) is 2.35. The average molecular weight is 406 g/mol. The molecule has 0 spiro atoms. The van der Waals surface area contributed by atoms with Gasteiger partial charge in [0.15, 0.2) is 0 Å². The van der Waals surface area contributed by atoms with Crippen LogP contribution in [-0.4, -0.2) is 25.7 Å². The molecular weight excluding hydrogens is 381 g/mol. The van der Waals surface area contributed by atoms with Crippen molar-refractivity contribution in [3.63, 3.8) is 0 Å². The van der Waals surface area contributed by atoms with Crippen molar-refractivity contribution in [1.29, 1.82) is 0 Å². The van der Waals surface area contributed by atoms with E-state index in [9.17, 15) is 4.79 Å². The van der Waals surface area contributed by atoms with Crippen LogP contribution in [0.1, 0.15) is 36.8 Å². The van der Waals surface area contributed by atoms with E-state index in [0.29, 0.717) is 13.0 Å². The van der Waals surface area contributed by atoms with Gasteiger partial charge in [-0.25, -0.2) is 0 Å². The normalized spacial score (nSPS) is 16.1. The monoisotopic (exact) mass is 405 g/mol. The minimum atomic E-state index is -0.0747. The number of ether oxygens (including phenoxy) is 1. The highest BCUT2D eigenvalue weighted by Crippen LogP contribution is 2.35. The Labute approximate surface area is 171 Å². The molecule has 1 N–H and O–H groups in total. The summed E-state index contributed by atoms with van der Waals surface area (Å²) in [7, 11) is 0. The van der Waals surface area contributed by atoms with Gasteiger partial charge >= 0.3 is 0 Å². The largest absolute Gasteiger partial charge is 0.381 e. The maximum atomic E-state index is 12.4. The molecule has 3 nitrogen and oxygen atoms in total. The molecule has 2 aromatic rings. The Morgan fingerprint density at radius 2 is 1.56 bits per heavy atom. The lowest BCUT2D eigenvalue weighted by molar-refractivity contribution is -0.121. The molecule has 1 heterocycles. The first kappa shape index (κ1) is 20.2. The van der Waals surface area contributed by atoms with E-state index in [1.165, 1.54) is 11.1 Å². The van der Waals surface area contributed by atoms with Crippen molar-refractivity contribution >= 4 is 29.1 Å². The summed E-state index contributed by atoms with van der Waals surface area (Å²) in [5, 5.41) is 4.62. The predicted molar refractivity (Wildman–Crippen MR) is 111 cm³/mol. The Bertz CT molecular complexity index is 738. The van der Waals surface area contributed by atoms with Crippen LogP contribution in [-0.2, 0) is 21.4 Å². The third-order valence-electron chi connectivity index (χ3n) is 5.31. The van der Waals surface area contributed by atoms with Gasteiger partial charge in [0, 0.05) is 41.6 Å². The van der Waals surface area contributed by atoms with Crippen molar-refractivity contribution < 1.29 is 9.53 Å². The van der Waals surface area contributed by atoms with Gasteiger partial charge in [0.25, 0.3) is 0 Å². The highest BCUT2D eigenvalue weighted by molar-refractivity contribution is 6.30. The van der Waals surface area contributed by atoms with E-state index in [1.807, 2.05) is 36.4 Å². The summed E-state index contributed by atoms with van der Waals surface area (Å²) in [6, 6.07) is 15.8. The number of amides is 1. The molecule has 1 aliphatic heterocycles. The highest BCUT2D eigenvalue weighted by atomic mass is 35.5. The van der Waals surface area contributed by atoms with Crippen LogP contribution >= 0.6 is 23.2 Å². The van der Waals surface area contributed by atoms with E-state index < -0.39 is 0 Å². The predicted octanol–water partition coefficient (Wildman–Crippen LogP) is 5.18. The summed E-state index contributed by atoms with van der Waals surface area (Å²) in [5.74, 6) is 0.101. The van der Waals surface area contributed by atoms with Gasteiger partial charge in [-0.3, -0.25) is 4.79 Å². The van der Waals surface area contributed by atoms with Crippen molar-refractivity contribution in [2.75, 3.05) is 19.8 Å². The molecule has 5 heteroatoms. The first-order valence-electron chi connectivity index (χ1n) is 9.42. The first-order chi connectivity index (χ1) is 13.1. The van der Waals surface area contributed by atoms with Crippen LogP contribution in [0.3, 0.4) is 0 Å². The zero-order valence-electron chi connectivity index (χ0n) is 15.3. The minimum absolute atomic E-state index is 0.0747. The number of rotatable bonds is 7. The molecule has 0 atom stereocenters. The van der Waals surface area contributed by atoms with Crippen LogP contribution in [0.2, 0.25) is 10.0 Å². The topological polar surface area (TPSA) is 38.3 Å². The van der Waals surface area contributed by atoms with Gasteiger partial charge in [-0.1, -0.05) is 47.5 Å². The Morgan fingerprint density at radius 1 is 0.963 bits per heavy atom. The van der Waals surface area contributed by atoms with Crippen LogP contribution in [0.25, 0.3) is 0 Å². The molecule has 1 fully saturated rings. The molecule has 0 unspecified atom stereocenters. The molecule has 1 amide bonds. The van der Waals surface area contributed by atoms with E-state index in [1.54, 1.807) is 0 Å². The lowest BCUT2D eigenvalue weighted by Gasteiger charge is -2.38. The second-order valence-electron chi connectivity index (χ2n) is 7.16. The number of halogens is 2. The quantitative estimate of drug-likeness (QED) is 0.688. The Balaban J connectivity index is 1.53. The first-order valence-corrected chi connectivity index (χ1v) is 10.2. The lowest BCUT2D eigenvalue weighted by Crippen LogP contribution is -2.44. The molecule has 27 heavy (non-hydrogen) atoms. The Hall–Kier alpha value is -1.55. The van der Waals surface area contributed by atoms with Crippen LogP contribution < -0.4 is 5.32 Å². The standard InChI is InChI=1S/C22H25Cl2NO2/c23-19-8-4-17(5-9-19)2-1-3-21(26)25-16-22(12-14-27-15-13-22)18-6-10-20(24)11-7-18/h4-11H,1-3,12-16H2,(H,25,26). The molecule has 1 saturated heterocycles. The number of hydrogen-bond donors (Lipinski definition) is 1. The zero-order valence-corrected chi connectivity index (χ0v) is 16.9. The molecule has 3 rings (SSSR count). The SMILES string of the molecule is O=C(CCCc1ccc(Cl)cc1)NCC1(c2ccc(Cl)cc2)CCOCC1. The fraction of sp³-hybridized carbons (Fsp3) is 0.409. The van der Waals surface area contributed by atoms with Crippen molar-refractivity contribution in [3.8, 4) is 0 Å². The zero-order chi connectivity index (χ0) is 19.1. The molecule has 0 bridgehead atoms. The van der Waals surface area contributed by atoms with Gasteiger partial charge < -0.3 is 10.1 Å². The molecule has 0 aliphatic carbocycles. The molecule has 2 aromatic carbocycles. The van der Waals surface area contributed by atoms with Crippen molar-refractivity contribution in [3.05, 3.63) is 69.7 Å². The molecule has 1 aliphatic rings. The summed E-state index contributed by atoms with van der Waals surface area (Å²) in [4.78, 5) is 12.4. The molecule has 0 radical (unpaired) electrons. The van der Waals surface area contributed by atoms with Crippen molar-refractivity contribution in [2.24, 2.45) is 0 Å². The van der Waals surface area contributed by atoms with E-state index in [4.69, 9.17) is 27.9 Å². The number of benzene rings is 2. The minimum Gasteiger partial charge on any atom is -0.381 e. The van der Waals surface area contributed by atoms with Gasteiger partial charge in [-0.05, 0) is 61.1 Å². The molecule has 0 saturated carbocycles. The smallest absolute Gasteiger partial charge is 0.220 e. The maximum Gasteiger partial charge on any atom is 0.220 e. The number of carbonyl (C=O) groups excluding carboxylic acids is 1. The van der Waals surface area contributed by atoms with Gasteiger partial charge in [-0.15, -0.1) is 0 Å². The number of hydrogen-bond acceptors (Lipinski definition) is 2. The number of carbonyl (C=O) groups is 1. The lowest BCUT2D eigenvalue weighted by atomic mass is 9.74. The van der Waals surface area contributed by atoms with E-state index in [2.05, 4.69) is 17.4 Å². The highest BCUT2D eigenvalue weighted by Gasteiger charge is 2.34. The fourth-order valence-corrected chi connectivity index (χ4v) is 3.85. The summed E-state index contributed by atoms with van der Waals surface area (Å²) < 4.78 is 5.55. The second kappa shape index (κ2) is 9.59. The average Bonchev–Trinajstić information content (AvgIpc) is 2.69. The number of nitrogens with one attached hydrogen (secondary N) is 1. The molecule has 0 aromatic heterocycles. The molecule has 144 valence electrons. The van der Waals surface area contributed by atoms with Crippen LogP contribution in [0.5, 0.6) is 0 Å². The van der Waals surface area contributed by atoms with Crippen LogP contribution in [0, 0.1) is 0 Å². The van der Waals surface area contributed by atoms with Gasteiger partial charge in [-0.2, -0.15) is 0 Å². The summed E-state index contributed by atoms with van der Waals surface area (Å²) in [6.45, 7) is 2.07. The third kappa shape index (κ3) is 5.71. The van der Waals surface area contributed by atoms with E-state index in [0.717, 1.165) is 48.9 Å². The third-order valence-corrected chi connectivity index (χ3v) is 5.82. The van der Waals surface area contributed by atoms with Gasteiger partial charge in [0.2, 0.25) is 5.91 Å². The Morgan fingerprint density at radius 3 is 2.19 bits per heavy atom. The van der Waals surface area contributed by atoms with Crippen LogP contribution in [0.15, 0.2) is 48.5 Å². The summed E-state index contributed by atoms with van der Waals surface area (Å²) >= 11 is 11.9. The van der Waals surface area contributed by atoms with E-state index >= 15 is 0 Å². The van der Waals surface area contributed by atoms with Crippen molar-refractivity contribution in [1.82, 2.24) is 5.32 Å². The Kier molecular flexibility index (Phi) is 7.17. The summed E-state index contributed by atoms with van der Waals surface area (Å²) in [6.07, 6.45) is 4.03. The van der Waals surface area contributed by atoms with Crippen molar-refractivity contribution in [2.45, 2.75) is 37.5 Å². The fourth-order valence-electron chi connectivity index (χ4n) is 3.59. The van der Waals surface area contributed by atoms with E-state index in [-0.39, 0.29) is 11.3 Å².